The maximum Gasteiger partial charge on any atom is 0.0191 e. The van der Waals surface area contributed by atoms with E-state index in [1.54, 1.807) is 0 Å². The summed E-state index contributed by atoms with van der Waals surface area (Å²) in [7, 11) is 0. The molecule has 1 aromatic carbocycles. The molecule has 0 unspecified atom stereocenters. The maximum atomic E-state index is 5.55. The first kappa shape index (κ1) is 8.01. The van der Waals surface area contributed by atoms with Crippen LogP contribution in [0.1, 0.15) is 11.1 Å². The first-order valence-electron chi connectivity index (χ1n) is 3.19. The molecule has 54 valence electrons. The first-order valence-corrected chi connectivity index (χ1v) is 4.27. The SMILES string of the molecule is Cc1cccc(I)c1CN. The molecule has 0 aromatic heterocycles. The lowest BCUT2D eigenvalue weighted by Crippen LogP contribution is -2.01. The first-order chi connectivity index (χ1) is 4.75. The Morgan fingerprint density at radius 1 is 1.50 bits per heavy atom. The zero-order chi connectivity index (χ0) is 7.56. The van der Waals surface area contributed by atoms with Gasteiger partial charge in [-0.05, 0) is 46.7 Å². The van der Waals surface area contributed by atoms with Crippen LogP contribution in [-0.4, -0.2) is 0 Å². The molecule has 0 saturated carbocycles. The lowest BCUT2D eigenvalue weighted by molar-refractivity contribution is 1.04. The molecule has 0 amide bonds. The summed E-state index contributed by atoms with van der Waals surface area (Å²) >= 11 is 2.31. The van der Waals surface area contributed by atoms with Crippen molar-refractivity contribution in [2.24, 2.45) is 5.73 Å². The number of nitrogens with two attached hydrogens (primary N) is 1. The van der Waals surface area contributed by atoms with E-state index < -0.39 is 0 Å². The summed E-state index contributed by atoms with van der Waals surface area (Å²) in [4.78, 5) is 0. The average Bonchev–Trinajstić information content (AvgIpc) is 1.88. The van der Waals surface area contributed by atoms with E-state index in [0.29, 0.717) is 6.54 Å². The summed E-state index contributed by atoms with van der Waals surface area (Å²) in [6.45, 7) is 2.73. The van der Waals surface area contributed by atoms with Crippen LogP contribution >= 0.6 is 22.6 Å². The van der Waals surface area contributed by atoms with Crippen LogP contribution in [0.2, 0.25) is 0 Å². The van der Waals surface area contributed by atoms with Gasteiger partial charge in [-0.2, -0.15) is 0 Å². The largest absolute Gasteiger partial charge is 0.326 e. The summed E-state index contributed by atoms with van der Waals surface area (Å²) in [5, 5.41) is 0. The van der Waals surface area contributed by atoms with Crippen LogP contribution in [0.4, 0.5) is 0 Å². The van der Waals surface area contributed by atoms with Crippen molar-refractivity contribution in [3.05, 3.63) is 32.9 Å². The van der Waals surface area contributed by atoms with Gasteiger partial charge in [-0.1, -0.05) is 12.1 Å². The Bertz CT molecular complexity index is 212. The average molecular weight is 247 g/mol. The Hall–Kier alpha value is -0.0900. The molecule has 0 aliphatic heterocycles. The second-order valence-corrected chi connectivity index (χ2v) is 3.40. The molecule has 2 heteroatoms. The zero-order valence-electron chi connectivity index (χ0n) is 5.89. The highest BCUT2D eigenvalue weighted by molar-refractivity contribution is 14.1. The Kier molecular flexibility index (Phi) is 2.68. The number of hydrogen-bond donors (Lipinski definition) is 1. The number of benzene rings is 1. The lowest BCUT2D eigenvalue weighted by Gasteiger charge is -2.03. The van der Waals surface area contributed by atoms with Crippen molar-refractivity contribution in [2.45, 2.75) is 13.5 Å². The monoisotopic (exact) mass is 247 g/mol. The molecular weight excluding hydrogens is 237 g/mol. The summed E-state index contributed by atoms with van der Waals surface area (Å²) in [6.07, 6.45) is 0. The van der Waals surface area contributed by atoms with E-state index in [4.69, 9.17) is 5.73 Å². The number of hydrogen-bond acceptors (Lipinski definition) is 1. The van der Waals surface area contributed by atoms with E-state index >= 15 is 0 Å². The zero-order valence-corrected chi connectivity index (χ0v) is 8.05. The van der Waals surface area contributed by atoms with Crippen LogP contribution < -0.4 is 5.73 Å². The Labute approximate surface area is 74.8 Å². The van der Waals surface area contributed by atoms with Crippen molar-refractivity contribution in [3.8, 4) is 0 Å². The van der Waals surface area contributed by atoms with Crippen molar-refractivity contribution in [1.82, 2.24) is 0 Å². The molecule has 0 aliphatic rings. The van der Waals surface area contributed by atoms with Gasteiger partial charge in [-0.25, -0.2) is 0 Å². The maximum absolute atomic E-state index is 5.55. The number of aryl methyl sites for hydroxylation is 1. The van der Waals surface area contributed by atoms with Crippen molar-refractivity contribution in [1.29, 1.82) is 0 Å². The standard InChI is InChI=1S/C8H10IN/c1-6-3-2-4-8(9)7(6)5-10/h2-4H,5,10H2,1H3. The van der Waals surface area contributed by atoms with Gasteiger partial charge in [0, 0.05) is 10.1 Å². The quantitative estimate of drug-likeness (QED) is 0.755. The van der Waals surface area contributed by atoms with Crippen LogP contribution in [0.5, 0.6) is 0 Å². The Morgan fingerprint density at radius 3 is 2.60 bits per heavy atom. The number of rotatable bonds is 1. The fraction of sp³-hybridized carbons (Fsp3) is 0.250. The third-order valence-electron chi connectivity index (χ3n) is 1.56. The van der Waals surface area contributed by atoms with Gasteiger partial charge in [-0.15, -0.1) is 0 Å². The highest BCUT2D eigenvalue weighted by Gasteiger charge is 1.98. The molecule has 2 N–H and O–H groups in total. The molecule has 1 rings (SSSR count). The van der Waals surface area contributed by atoms with Gasteiger partial charge in [-0.3, -0.25) is 0 Å². The molecule has 0 bridgehead atoms. The highest BCUT2D eigenvalue weighted by atomic mass is 127. The normalized spacial score (nSPS) is 9.90. The summed E-state index contributed by atoms with van der Waals surface area (Å²) in [5.41, 5.74) is 8.10. The summed E-state index contributed by atoms with van der Waals surface area (Å²) in [5.74, 6) is 0. The second kappa shape index (κ2) is 3.34. The molecule has 1 nitrogen and oxygen atoms in total. The van der Waals surface area contributed by atoms with Crippen molar-refractivity contribution < 1.29 is 0 Å². The molecule has 1 aromatic rings. The van der Waals surface area contributed by atoms with E-state index in [9.17, 15) is 0 Å². The minimum Gasteiger partial charge on any atom is -0.326 e. The molecular formula is C8H10IN. The molecule has 0 saturated heterocycles. The van der Waals surface area contributed by atoms with Crippen LogP contribution in [0, 0.1) is 10.5 Å². The molecule has 0 fully saturated rings. The third kappa shape index (κ3) is 1.49. The van der Waals surface area contributed by atoms with Crippen LogP contribution in [0.3, 0.4) is 0 Å². The highest BCUT2D eigenvalue weighted by Crippen LogP contribution is 2.14. The molecule has 10 heavy (non-hydrogen) atoms. The van der Waals surface area contributed by atoms with Crippen molar-refractivity contribution in [3.63, 3.8) is 0 Å². The van der Waals surface area contributed by atoms with E-state index in [2.05, 4.69) is 47.7 Å². The smallest absolute Gasteiger partial charge is 0.0191 e. The van der Waals surface area contributed by atoms with E-state index in [0.717, 1.165) is 0 Å². The minimum atomic E-state index is 0.644. The van der Waals surface area contributed by atoms with Gasteiger partial charge in [0.05, 0.1) is 0 Å². The second-order valence-electron chi connectivity index (χ2n) is 2.24. The Balaban J connectivity index is 3.17. The minimum absolute atomic E-state index is 0.644. The molecule has 0 radical (unpaired) electrons. The summed E-state index contributed by atoms with van der Waals surface area (Å²) < 4.78 is 1.26. The molecule has 0 heterocycles. The fourth-order valence-electron chi connectivity index (χ4n) is 0.925. The van der Waals surface area contributed by atoms with Gasteiger partial charge in [0.1, 0.15) is 0 Å². The van der Waals surface area contributed by atoms with Gasteiger partial charge in [0.25, 0.3) is 0 Å². The van der Waals surface area contributed by atoms with Gasteiger partial charge in [0.2, 0.25) is 0 Å². The van der Waals surface area contributed by atoms with E-state index in [1.165, 1.54) is 14.7 Å². The molecule has 0 atom stereocenters. The van der Waals surface area contributed by atoms with E-state index in [1.807, 2.05) is 0 Å². The third-order valence-corrected chi connectivity index (χ3v) is 2.57. The lowest BCUT2D eigenvalue weighted by atomic mass is 10.1. The Morgan fingerprint density at radius 2 is 2.20 bits per heavy atom. The van der Waals surface area contributed by atoms with Crippen LogP contribution in [-0.2, 0) is 6.54 Å². The van der Waals surface area contributed by atoms with Crippen molar-refractivity contribution >= 4 is 22.6 Å². The fourth-order valence-corrected chi connectivity index (χ4v) is 1.78. The van der Waals surface area contributed by atoms with Crippen LogP contribution in [0.15, 0.2) is 18.2 Å². The van der Waals surface area contributed by atoms with Gasteiger partial charge in [0.15, 0.2) is 0 Å². The predicted molar refractivity (Wildman–Crippen MR) is 51.8 cm³/mol. The molecule has 0 aliphatic carbocycles. The summed E-state index contributed by atoms with van der Waals surface area (Å²) in [6, 6.07) is 6.22. The molecule has 0 spiro atoms. The predicted octanol–water partition coefficient (Wildman–Crippen LogP) is 2.06. The van der Waals surface area contributed by atoms with Gasteiger partial charge >= 0.3 is 0 Å². The number of halogens is 1. The van der Waals surface area contributed by atoms with Gasteiger partial charge < -0.3 is 5.73 Å². The van der Waals surface area contributed by atoms with Crippen LogP contribution in [0.25, 0.3) is 0 Å². The van der Waals surface area contributed by atoms with E-state index in [-0.39, 0.29) is 0 Å². The van der Waals surface area contributed by atoms with Crippen molar-refractivity contribution in [2.75, 3.05) is 0 Å². The topological polar surface area (TPSA) is 26.0 Å².